The Balaban J connectivity index is 1.89. The Hall–Kier alpha value is -2.21. The number of nitrogens with two attached hydrogens (primary N) is 1. The molecule has 1 heterocycles. The lowest BCUT2D eigenvalue weighted by Gasteiger charge is -2.07. The zero-order valence-corrected chi connectivity index (χ0v) is 12.9. The number of aromatic nitrogens is 2. The van der Waals surface area contributed by atoms with E-state index in [1.165, 1.54) is 0 Å². The van der Waals surface area contributed by atoms with Gasteiger partial charge in [-0.15, -0.1) is 0 Å². The van der Waals surface area contributed by atoms with Crippen LogP contribution in [0.4, 0.5) is 5.69 Å². The number of amides is 1. The largest absolute Gasteiger partial charge is 0.389 e. The van der Waals surface area contributed by atoms with Crippen molar-refractivity contribution in [3.8, 4) is 0 Å². The minimum Gasteiger partial charge on any atom is -0.389 e. The van der Waals surface area contributed by atoms with E-state index in [0.717, 1.165) is 22.6 Å². The van der Waals surface area contributed by atoms with Crippen molar-refractivity contribution in [1.82, 2.24) is 9.78 Å². The summed E-state index contributed by atoms with van der Waals surface area (Å²) in [4.78, 5) is 12.3. The van der Waals surface area contributed by atoms with Crippen molar-refractivity contribution in [3.05, 3.63) is 47.3 Å². The highest BCUT2D eigenvalue weighted by molar-refractivity contribution is 7.80. The van der Waals surface area contributed by atoms with Crippen molar-refractivity contribution in [2.75, 3.05) is 5.32 Å². The Kier molecular flexibility index (Phi) is 4.70. The molecule has 0 aliphatic rings. The number of carbonyl (C=O) groups is 1. The molecule has 110 valence electrons. The number of hydrogen-bond donors (Lipinski definition) is 2. The molecule has 1 aromatic carbocycles. The summed E-state index contributed by atoms with van der Waals surface area (Å²) < 4.78 is 1.84. The number of rotatable bonds is 5. The van der Waals surface area contributed by atoms with Gasteiger partial charge in [0.15, 0.2) is 0 Å². The third-order valence-corrected chi connectivity index (χ3v) is 3.34. The van der Waals surface area contributed by atoms with Crippen molar-refractivity contribution < 1.29 is 4.79 Å². The predicted octanol–water partition coefficient (Wildman–Crippen LogP) is 2.16. The maximum absolute atomic E-state index is 11.9. The van der Waals surface area contributed by atoms with Crippen LogP contribution in [0.3, 0.4) is 0 Å². The summed E-state index contributed by atoms with van der Waals surface area (Å²) in [5, 5.41) is 7.17. The highest BCUT2D eigenvalue weighted by Gasteiger charge is 2.06. The SMILES string of the molecule is Cc1cc(C)n(CCC(=O)Nc2ccc(C(N)=S)cc2)n1. The Bertz CT molecular complexity index is 661. The fourth-order valence-electron chi connectivity index (χ4n) is 2.05. The van der Waals surface area contributed by atoms with Gasteiger partial charge in [-0.25, -0.2) is 0 Å². The number of thiocarbonyl (C=S) groups is 1. The van der Waals surface area contributed by atoms with Crippen LogP contribution in [0.5, 0.6) is 0 Å². The van der Waals surface area contributed by atoms with Crippen LogP contribution in [0.25, 0.3) is 0 Å². The number of nitrogens with one attached hydrogen (secondary N) is 1. The molecule has 0 fully saturated rings. The average Bonchev–Trinajstić information content (AvgIpc) is 2.75. The molecule has 1 amide bonds. The van der Waals surface area contributed by atoms with Gasteiger partial charge in [0.25, 0.3) is 0 Å². The van der Waals surface area contributed by atoms with Crippen molar-refractivity contribution in [3.63, 3.8) is 0 Å². The van der Waals surface area contributed by atoms with Crippen LogP contribution < -0.4 is 11.1 Å². The summed E-state index contributed by atoms with van der Waals surface area (Å²) in [5.74, 6) is -0.0503. The van der Waals surface area contributed by atoms with Crippen molar-refractivity contribution in [2.45, 2.75) is 26.8 Å². The molecule has 0 bridgehead atoms. The maximum Gasteiger partial charge on any atom is 0.226 e. The molecule has 0 spiro atoms. The monoisotopic (exact) mass is 302 g/mol. The van der Waals surface area contributed by atoms with E-state index in [2.05, 4.69) is 10.4 Å². The van der Waals surface area contributed by atoms with Gasteiger partial charge in [-0.05, 0) is 44.2 Å². The highest BCUT2D eigenvalue weighted by atomic mass is 32.1. The van der Waals surface area contributed by atoms with Crippen molar-refractivity contribution in [1.29, 1.82) is 0 Å². The number of anilines is 1. The zero-order valence-electron chi connectivity index (χ0n) is 12.1. The molecule has 2 aromatic rings. The third kappa shape index (κ3) is 4.13. The van der Waals surface area contributed by atoms with E-state index in [9.17, 15) is 4.79 Å². The molecule has 3 N–H and O–H groups in total. The molecular weight excluding hydrogens is 284 g/mol. The van der Waals surface area contributed by atoms with Gasteiger partial charge >= 0.3 is 0 Å². The lowest BCUT2D eigenvalue weighted by atomic mass is 10.2. The minimum absolute atomic E-state index is 0.0503. The van der Waals surface area contributed by atoms with E-state index in [0.29, 0.717) is 18.0 Å². The van der Waals surface area contributed by atoms with E-state index in [-0.39, 0.29) is 5.91 Å². The Morgan fingerprint density at radius 1 is 1.33 bits per heavy atom. The number of carbonyl (C=O) groups excluding carboxylic acids is 1. The number of aryl methyl sites for hydroxylation is 3. The molecule has 5 nitrogen and oxygen atoms in total. The van der Waals surface area contributed by atoms with Gasteiger partial charge in [-0.3, -0.25) is 9.48 Å². The Morgan fingerprint density at radius 3 is 2.52 bits per heavy atom. The van der Waals surface area contributed by atoms with E-state index >= 15 is 0 Å². The average molecular weight is 302 g/mol. The summed E-state index contributed by atoms with van der Waals surface area (Å²) in [6, 6.07) is 9.15. The molecule has 0 unspecified atom stereocenters. The molecule has 0 aliphatic heterocycles. The molecule has 2 rings (SSSR count). The van der Waals surface area contributed by atoms with Crippen molar-refractivity contribution >= 4 is 28.8 Å². The molecule has 0 atom stereocenters. The molecule has 21 heavy (non-hydrogen) atoms. The van der Waals surface area contributed by atoms with Crippen LogP contribution >= 0.6 is 12.2 Å². The van der Waals surface area contributed by atoms with Gasteiger partial charge in [0, 0.05) is 29.9 Å². The Labute approximate surface area is 129 Å². The van der Waals surface area contributed by atoms with Crippen LogP contribution in [0.2, 0.25) is 0 Å². The third-order valence-electron chi connectivity index (χ3n) is 3.11. The van der Waals surface area contributed by atoms with Gasteiger partial charge < -0.3 is 11.1 Å². The summed E-state index contributed by atoms with van der Waals surface area (Å²) in [7, 11) is 0. The number of benzene rings is 1. The number of hydrogen-bond acceptors (Lipinski definition) is 3. The molecule has 0 aliphatic carbocycles. The summed E-state index contributed by atoms with van der Waals surface area (Å²) in [6.07, 6.45) is 0.374. The second kappa shape index (κ2) is 6.49. The van der Waals surface area contributed by atoms with Crippen LogP contribution in [0.1, 0.15) is 23.4 Å². The standard InChI is InChI=1S/C15H18N4OS/c1-10-9-11(2)19(18-10)8-7-14(20)17-13-5-3-12(4-6-13)15(16)21/h3-6,9H,7-8H2,1-2H3,(H2,16,21)(H,17,20). The van der Waals surface area contributed by atoms with Crippen LogP contribution in [0, 0.1) is 13.8 Å². The first-order valence-corrected chi connectivity index (χ1v) is 7.07. The quantitative estimate of drug-likeness (QED) is 0.830. The van der Waals surface area contributed by atoms with Gasteiger partial charge in [-0.1, -0.05) is 12.2 Å². The van der Waals surface area contributed by atoms with E-state index in [4.69, 9.17) is 18.0 Å². The van der Waals surface area contributed by atoms with E-state index < -0.39 is 0 Å². The van der Waals surface area contributed by atoms with Gasteiger partial charge in [0.05, 0.1) is 5.69 Å². The molecule has 6 heteroatoms. The second-order valence-electron chi connectivity index (χ2n) is 4.89. The maximum atomic E-state index is 11.9. The summed E-state index contributed by atoms with van der Waals surface area (Å²) in [5.41, 5.74) is 9.06. The van der Waals surface area contributed by atoms with Crippen LogP contribution in [0.15, 0.2) is 30.3 Å². The lowest BCUT2D eigenvalue weighted by Crippen LogP contribution is -2.16. The van der Waals surface area contributed by atoms with E-state index in [1.54, 1.807) is 24.3 Å². The Morgan fingerprint density at radius 2 is 2.00 bits per heavy atom. The molecule has 1 aromatic heterocycles. The number of nitrogens with zero attached hydrogens (tertiary/aromatic N) is 2. The van der Waals surface area contributed by atoms with Gasteiger partial charge in [0.2, 0.25) is 5.91 Å². The summed E-state index contributed by atoms with van der Waals surface area (Å²) >= 11 is 4.88. The van der Waals surface area contributed by atoms with Gasteiger partial charge in [-0.2, -0.15) is 5.10 Å². The van der Waals surface area contributed by atoms with E-state index in [1.807, 2.05) is 24.6 Å². The van der Waals surface area contributed by atoms with Gasteiger partial charge in [0.1, 0.15) is 4.99 Å². The molecule has 0 saturated carbocycles. The first kappa shape index (κ1) is 15.2. The zero-order chi connectivity index (χ0) is 15.4. The molecule has 0 radical (unpaired) electrons. The smallest absolute Gasteiger partial charge is 0.226 e. The van der Waals surface area contributed by atoms with Crippen LogP contribution in [-0.2, 0) is 11.3 Å². The fourth-order valence-corrected chi connectivity index (χ4v) is 2.19. The first-order valence-electron chi connectivity index (χ1n) is 6.66. The van der Waals surface area contributed by atoms with Crippen LogP contribution in [-0.4, -0.2) is 20.7 Å². The second-order valence-corrected chi connectivity index (χ2v) is 5.33. The summed E-state index contributed by atoms with van der Waals surface area (Å²) in [6.45, 7) is 4.48. The first-order chi connectivity index (χ1) is 9.95. The highest BCUT2D eigenvalue weighted by Crippen LogP contribution is 2.10. The van der Waals surface area contributed by atoms with Crippen molar-refractivity contribution in [2.24, 2.45) is 5.73 Å². The molecule has 0 saturated heterocycles. The fraction of sp³-hybridized carbons (Fsp3) is 0.267. The molecular formula is C15H18N4OS. The predicted molar refractivity (Wildman–Crippen MR) is 87.3 cm³/mol. The topological polar surface area (TPSA) is 72.9 Å². The normalized spacial score (nSPS) is 10.4. The minimum atomic E-state index is -0.0503. The lowest BCUT2D eigenvalue weighted by molar-refractivity contribution is -0.116.